The predicted molar refractivity (Wildman–Crippen MR) is 186 cm³/mol. The van der Waals surface area contributed by atoms with Crippen LogP contribution in [0.15, 0.2) is 48.5 Å². The van der Waals surface area contributed by atoms with Crippen LogP contribution in [0, 0.1) is 5.92 Å². The van der Waals surface area contributed by atoms with Crippen LogP contribution >= 0.6 is 0 Å². The summed E-state index contributed by atoms with van der Waals surface area (Å²) in [4.78, 5) is 53.8. The van der Waals surface area contributed by atoms with Crippen molar-refractivity contribution in [2.24, 2.45) is 5.92 Å². The number of hydrogen-bond donors (Lipinski definition) is 4. The zero-order valence-corrected chi connectivity index (χ0v) is 29.7. The van der Waals surface area contributed by atoms with E-state index in [1.54, 1.807) is 62.6 Å². The summed E-state index contributed by atoms with van der Waals surface area (Å²) >= 11 is 0. The number of rotatable bonds is 7. The molecule has 1 fully saturated rings. The quantitative estimate of drug-likeness (QED) is 0.322. The van der Waals surface area contributed by atoms with Gasteiger partial charge in [-0.15, -0.1) is 0 Å². The first-order chi connectivity index (χ1) is 23.4. The molecule has 49 heavy (non-hydrogen) atoms. The van der Waals surface area contributed by atoms with E-state index in [9.17, 15) is 27.6 Å². The van der Waals surface area contributed by atoms with Gasteiger partial charge in [-0.3, -0.25) is 19.2 Å². The molecule has 3 heterocycles. The molecule has 2 aromatic carbocycles. The summed E-state index contributed by atoms with van der Waals surface area (Å²) < 4.78 is 35.3. The van der Waals surface area contributed by atoms with Crippen LogP contribution < -0.4 is 26.0 Å². The molecule has 3 aliphatic heterocycles. The second-order valence-corrected chi connectivity index (χ2v) is 14.8. The fraction of sp³-hybridized carbons (Fsp3) is 0.543. The summed E-state index contributed by atoms with van der Waals surface area (Å²) in [6, 6.07) is 10.9. The lowest BCUT2D eigenvalue weighted by Gasteiger charge is -2.27. The number of carbonyl (C=O) groups excluding carboxylic acids is 4. The average Bonchev–Trinajstić information content (AvgIpc) is 3.65. The van der Waals surface area contributed by atoms with E-state index in [4.69, 9.17) is 4.74 Å². The molecule has 0 radical (unpaired) electrons. The first kappa shape index (κ1) is 37.8. The molecule has 0 aromatic heterocycles. The summed E-state index contributed by atoms with van der Waals surface area (Å²) in [6.45, 7) is 6.93. The van der Waals surface area contributed by atoms with Gasteiger partial charge < -0.3 is 26.0 Å². The highest BCUT2D eigenvalue weighted by Gasteiger charge is 2.33. The lowest BCUT2D eigenvalue weighted by molar-refractivity contribution is -0.132. The Morgan fingerprint density at radius 1 is 0.816 bits per heavy atom. The zero-order valence-electron chi connectivity index (χ0n) is 28.9. The van der Waals surface area contributed by atoms with Crippen molar-refractivity contribution < 1.29 is 32.3 Å². The van der Waals surface area contributed by atoms with Gasteiger partial charge in [0.25, 0.3) is 16.1 Å². The second kappa shape index (κ2) is 17.6. The first-order valence-corrected chi connectivity index (χ1v) is 18.5. The van der Waals surface area contributed by atoms with E-state index in [2.05, 4.69) is 21.3 Å². The Kier molecular flexibility index (Phi) is 13.6. The third-order valence-electron chi connectivity index (χ3n) is 9.19. The Morgan fingerprint density at radius 2 is 1.45 bits per heavy atom. The van der Waals surface area contributed by atoms with Gasteiger partial charge >= 0.3 is 0 Å². The summed E-state index contributed by atoms with van der Waals surface area (Å²) in [6.07, 6.45) is 3.36. The van der Waals surface area contributed by atoms with Crippen molar-refractivity contribution in [1.82, 2.24) is 29.9 Å². The standard InChI is InChI=1S/C35H50N6O7S/c1-5-24(2)31-35(45)38-30(22-26-12-16-29(48-4)17-13-26)34(44)37-25(3)32(42)36-18-6-7-21-41(49(46,47)40-19-8-9-20-40)23-27-10-14-28(15-11-27)33(43)39-31/h10-17,24-25,30-31H,5-9,18-23H2,1-4H3,(H,36,42)(H,37,44)(H,38,45)(H,39,43)/t24-,25+,30-,31?/m0/s1. The van der Waals surface area contributed by atoms with E-state index < -0.39 is 52.0 Å². The maximum atomic E-state index is 13.8. The van der Waals surface area contributed by atoms with Crippen molar-refractivity contribution in [3.63, 3.8) is 0 Å². The van der Waals surface area contributed by atoms with E-state index in [-0.39, 0.29) is 25.4 Å². The number of amides is 4. The maximum Gasteiger partial charge on any atom is 0.282 e. The van der Waals surface area contributed by atoms with Crippen molar-refractivity contribution in [3.05, 3.63) is 65.2 Å². The minimum atomic E-state index is -3.72. The highest BCUT2D eigenvalue weighted by Crippen LogP contribution is 2.21. The summed E-state index contributed by atoms with van der Waals surface area (Å²) in [5.41, 5.74) is 1.79. The number of methoxy groups -OCH3 is 1. The molecule has 13 nitrogen and oxygen atoms in total. The number of nitrogens with one attached hydrogen (secondary N) is 4. The lowest BCUT2D eigenvalue weighted by atomic mass is 9.96. The molecule has 2 aromatic rings. The Balaban J connectivity index is 1.61. The van der Waals surface area contributed by atoms with E-state index in [1.807, 2.05) is 13.8 Å². The topological polar surface area (TPSA) is 166 Å². The number of fused-ring (bicyclic) bond motifs is 18. The summed E-state index contributed by atoms with van der Waals surface area (Å²) in [7, 11) is -2.16. The zero-order chi connectivity index (χ0) is 35.6. The van der Waals surface area contributed by atoms with Gasteiger partial charge in [0.05, 0.1) is 7.11 Å². The molecule has 268 valence electrons. The second-order valence-electron chi connectivity index (χ2n) is 12.8. The van der Waals surface area contributed by atoms with Gasteiger partial charge in [-0.05, 0) is 73.9 Å². The van der Waals surface area contributed by atoms with Crippen molar-refractivity contribution in [2.45, 2.75) is 84.0 Å². The summed E-state index contributed by atoms with van der Waals surface area (Å²) in [5, 5.41) is 11.2. The Labute approximate surface area is 289 Å². The maximum absolute atomic E-state index is 13.8. The molecule has 3 aliphatic rings. The molecular formula is C35H50N6O7S. The van der Waals surface area contributed by atoms with Gasteiger partial charge in [-0.25, -0.2) is 0 Å². The van der Waals surface area contributed by atoms with E-state index in [0.29, 0.717) is 50.2 Å². The SMILES string of the molecule is CC[C@H](C)C1NC(=O)c2ccc(cc2)CN(S(=O)(=O)N2CCCC2)CCCCNC(=O)[C@@H](C)NC(=O)[C@H](Cc2ccc(OC)cc2)NC1=O. The van der Waals surface area contributed by atoms with Gasteiger partial charge in [-0.1, -0.05) is 44.5 Å². The Morgan fingerprint density at radius 3 is 2.08 bits per heavy atom. The van der Waals surface area contributed by atoms with Crippen LogP contribution in [0.5, 0.6) is 5.75 Å². The van der Waals surface area contributed by atoms with Gasteiger partial charge in [-0.2, -0.15) is 17.0 Å². The molecule has 4 amide bonds. The molecule has 4 N–H and O–H groups in total. The number of nitrogens with zero attached hydrogens (tertiary/aromatic N) is 2. The average molecular weight is 699 g/mol. The number of carbonyl (C=O) groups is 4. The van der Waals surface area contributed by atoms with Crippen molar-refractivity contribution >= 4 is 33.8 Å². The van der Waals surface area contributed by atoms with Crippen molar-refractivity contribution in [2.75, 3.05) is 33.3 Å². The predicted octanol–water partition coefficient (Wildman–Crippen LogP) is 2.12. The number of hydrogen-bond acceptors (Lipinski definition) is 7. The normalized spacial score (nSPS) is 23.5. The molecule has 5 rings (SSSR count). The minimum Gasteiger partial charge on any atom is -0.497 e. The van der Waals surface area contributed by atoms with Crippen molar-refractivity contribution in [1.29, 1.82) is 0 Å². The van der Waals surface area contributed by atoms with Crippen LogP contribution in [-0.2, 0) is 37.6 Å². The monoisotopic (exact) mass is 698 g/mol. The molecule has 4 atom stereocenters. The van der Waals surface area contributed by atoms with Gasteiger partial charge in [0.1, 0.15) is 23.9 Å². The third-order valence-corrected chi connectivity index (χ3v) is 11.2. The van der Waals surface area contributed by atoms with Crippen LogP contribution in [0.25, 0.3) is 0 Å². The molecule has 0 aliphatic carbocycles. The minimum absolute atomic E-state index is 0.129. The largest absolute Gasteiger partial charge is 0.497 e. The van der Waals surface area contributed by atoms with Crippen LogP contribution in [0.3, 0.4) is 0 Å². The molecule has 1 saturated heterocycles. The fourth-order valence-corrected chi connectivity index (χ4v) is 7.59. The highest BCUT2D eigenvalue weighted by molar-refractivity contribution is 7.86. The molecule has 1 unspecified atom stereocenters. The Hall–Kier alpha value is -4.01. The first-order valence-electron chi connectivity index (χ1n) is 17.1. The van der Waals surface area contributed by atoms with Gasteiger partial charge in [0.2, 0.25) is 17.7 Å². The van der Waals surface area contributed by atoms with Crippen LogP contribution in [0.4, 0.5) is 0 Å². The smallest absolute Gasteiger partial charge is 0.282 e. The highest BCUT2D eigenvalue weighted by atomic mass is 32.2. The van der Waals surface area contributed by atoms with Crippen LogP contribution in [0.1, 0.15) is 74.4 Å². The van der Waals surface area contributed by atoms with Crippen molar-refractivity contribution in [3.8, 4) is 5.75 Å². The molecule has 2 bridgehead atoms. The third kappa shape index (κ3) is 10.2. The molecule has 14 heteroatoms. The molecular weight excluding hydrogens is 648 g/mol. The van der Waals surface area contributed by atoms with E-state index >= 15 is 0 Å². The molecule has 0 spiro atoms. The number of ether oxygens (including phenoxy) is 1. The number of benzene rings is 2. The molecule has 0 saturated carbocycles. The van der Waals surface area contributed by atoms with Gasteiger partial charge in [0.15, 0.2) is 0 Å². The van der Waals surface area contributed by atoms with Gasteiger partial charge in [0, 0.05) is 44.7 Å². The fourth-order valence-electron chi connectivity index (χ4n) is 5.88. The van der Waals surface area contributed by atoms with E-state index in [0.717, 1.165) is 24.0 Å². The van der Waals surface area contributed by atoms with Crippen LogP contribution in [0.2, 0.25) is 0 Å². The lowest BCUT2D eigenvalue weighted by Crippen LogP contribution is -2.58. The van der Waals surface area contributed by atoms with E-state index in [1.165, 1.54) is 8.61 Å². The Bertz CT molecular complexity index is 1550. The van der Waals surface area contributed by atoms with Crippen LogP contribution in [-0.4, -0.2) is 92.1 Å². The summed E-state index contributed by atoms with van der Waals surface area (Å²) in [5.74, 6) is -1.59.